The van der Waals surface area contributed by atoms with Crippen LogP contribution in [0.4, 0.5) is 10.1 Å². The summed E-state index contributed by atoms with van der Waals surface area (Å²) in [6, 6.07) is 11.7. The van der Waals surface area contributed by atoms with Crippen molar-refractivity contribution in [1.82, 2.24) is 4.90 Å². The number of hydrogen-bond acceptors (Lipinski definition) is 4. The second-order valence-electron chi connectivity index (χ2n) is 7.95. The van der Waals surface area contributed by atoms with Crippen LogP contribution in [0.25, 0.3) is 0 Å². The van der Waals surface area contributed by atoms with Gasteiger partial charge in [-0.1, -0.05) is 32.0 Å². The number of nitrogens with one attached hydrogen (secondary N) is 2. The van der Waals surface area contributed by atoms with Gasteiger partial charge in [0.2, 0.25) is 5.91 Å². The fourth-order valence-electron chi connectivity index (χ4n) is 3.96. The lowest BCUT2D eigenvalue weighted by molar-refractivity contribution is -0.118. The van der Waals surface area contributed by atoms with Gasteiger partial charge in [-0.2, -0.15) is 5.26 Å². The second-order valence-corrected chi connectivity index (χ2v) is 8.23. The van der Waals surface area contributed by atoms with Gasteiger partial charge in [0.05, 0.1) is 17.5 Å². The van der Waals surface area contributed by atoms with E-state index < -0.39 is 23.7 Å². The first-order valence-electron chi connectivity index (χ1n) is 10.1. The molecular weight excluding hydrogens is 427 g/mol. The van der Waals surface area contributed by atoms with E-state index >= 15 is 0 Å². The molecule has 1 aliphatic rings. The van der Waals surface area contributed by atoms with Crippen LogP contribution in [0.3, 0.4) is 0 Å². The van der Waals surface area contributed by atoms with Gasteiger partial charge in [-0.15, -0.1) is 0 Å². The van der Waals surface area contributed by atoms with Crippen molar-refractivity contribution in [2.24, 2.45) is 5.92 Å². The van der Waals surface area contributed by atoms with E-state index in [9.17, 15) is 14.0 Å². The summed E-state index contributed by atoms with van der Waals surface area (Å²) in [5.74, 6) is -1.99. The highest BCUT2D eigenvalue weighted by atomic mass is 32.1. The fraction of sp³-hybridized carbons (Fsp3) is 0.250. The minimum atomic E-state index is -0.817. The number of benzene rings is 2. The molecule has 0 saturated carbocycles. The van der Waals surface area contributed by atoms with Crippen LogP contribution in [-0.2, 0) is 17.4 Å². The zero-order chi connectivity index (χ0) is 23.4. The molecule has 1 heterocycles. The molecule has 0 radical (unpaired) electrons. The average molecular weight is 452 g/mol. The number of rotatable bonds is 6. The van der Waals surface area contributed by atoms with Crippen molar-refractivity contribution in [3.8, 4) is 6.07 Å². The van der Waals surface area contributed by atoms with Crippen LogP contribution in [0, 0.1) is 28.5 Å². The Kier molecular flexibility index (Phi) is 7.11. The van der Waals surface area contributed by atoms with Gasteiger partial charge < -0.3 is 15.6 Å². The number of anilines is 1. The van der Waals surface area contributed by atoms with E-state index in [1.54, 1.807) is 35.2 Å². The maximum Gasteiger partial charge on any atom is 0.254 e. The van der Waals surface area contributed by atoms with Crippen LogP contribution in [0.5, 0.6) is 0 Å². The maximum absolute atomic E-state index is 13.7. The number of hydrogen-bond donors (Lipinski definition) is 2. The molecule has 0 fully saturated rings. The summed E-state index contributed by atoms with van der Waals surface area (Å²) in [7, 11) is 0. The predicted molar refractivity (Wildman–Crippen MR) is 126 cm³/mol. The van der Waals surface area contributed by atoms with E-state index in [0.29, 0.717) is 23.2 Å². The number of nitrogens with zero attached hydrogens (tertiary/aromatic N) is 2. The van der Waals surface area contributed by atoms with Crippen LogP contribution in [0.2, 0.25) is 0 Å². The highest BCUT2D eigenvalue weighted by molar-refractivity contribution is 7.62. The van der Waals surface area contributed by atoms with Gasteiger partial charge in [0.15, 0.2) is 0 Å². The number of fused-ring (bicyclic) bond motifs is 1. The molecule has 2 amide bonds. The fourth-order valence-corrected chi connectivity index (χ4v) is 4.22. The molecule has 1 aliphatic heterocycles. The van der Waals surface area contributed by atoms with Crippen LogP contribution >= 0.6 is 0 Å². The number of nitriles is 1. The van der Waals surface area contributed by atoms with Gasteiger partial charge in [0.25, 0.3) is 5.91 Å². The third-order valence-electron chi connectivity index (χ3n) is 5.31. The van der Waals surface area contributed by atoms with Gasteiger partial charge in [-0.05, 0) is 48.4 Å². The summed E-state index contributed by atoms with van der Waals surface area (Å²) in [4.78, 5) is 28.5. The van der Waals surface area contributed by atoms with Crippen molar-refractivity contribution in [3.05, 3.63) is 76.0 Å². The highest BCUT2D eigenvalue weighted by Gasteiger charge is 2.45. The monoisotopic (exact) mass is 451 g/mol. The standard InChI is InChI=1S/C24H23FN4O2S/c1-14(2)12-29-22(16(11-27)13-32)21(18-5-3-4-6-19(18)24(29)31)23(30)28-17-7-8-20(25)15(9-17)10-26/h3-9,11,13-14,21-22,27,32H,12H2,1-2H3,(H,28,30)/p+1/b16-13+,27-11?/t21-,22+/m1/s1. The van der Waals surface area contributed by atoms with E-state index in [4.69, 9.17) is 10.7 Å². The Morgan fingerprint density at radius 3 is 2.69 bits per heavy atom. The lowest BCUT2D eigenvalue weighted by atomic mass is 9.79. The van der Waals surface area contributed by atoms with Gasteiger partial charge in [-0.3, -0.25) is 9.59 Å². The molecule has 164 valence electrons. The Morgan fingerprint density at radius 1 is 1.34 bits per heavy atom. The van der Waals surface area contributed by atoms with E-state index in [-0.39, 0.29) is 23.1 Å². The molecule has 32 heavy (non-hydrogen) atoms. The molecule has 0 unspecified atom stereocenters. The van der Waals surface area contributed by atoms with Crippen LogP contribution < -0.4 is 5.32 Å². The Morgan fingerprint density at radius 2 is 2.06 bits per heavy atom. The zero-order valence-electron chi connectivity index (χ0n) is 17.7. The van der Waals surface area contributed by atoms with Crippen molar-refractivity contribution in [2.75, 3.05) is 11.9 Å². The van der Waals surface area contributed by atoms with Crippen LogP contribution in [0.15, 0.2) is 53.4 Å². The Balaban J connectivity index is 2.13. The zero-order valence-corrected chi connectivity index (χ0v) is 18.7. The van der Waals surface area contributed by atoms with E-state index in [2.05, 4.69) is 17.9 Å². The smallest absolute Gasteiger partial charge is 0.254 e. The molecular formula is C24H24FN4O2S+. The average Bonchev–Trinajstić information content (AvgIpc) is 2.78. The summed E-state index contributed by atoms with van der Waals surface area (Å²) in [6.07, 6.45) is 1.12. The number of halogens is 1. The summed E-state index contributed by atoms with van der Waals surface area (Å²) in [6.45, 7) is 4.35. The quantitative estimate of drug-likeness (QED) is 0.520. The topological polar surface area (TPSA) is 97.1 Å². The summed E-state index contributed by atoms with van der Waals surface area (Å²) >= 11 is 3.33. The van der Waals surface area contributed by atoms with E-state index in [1.165, 1.54) is 17.5 Å². The molecule has 3 rings (SSSR count). The molecule has 2 aromatic carbocycles. The molecule has 2 aromatic rings. The molecule has 6 nitrogen and oxygen atoms in total. The van der Waals surface area contributed by atoms with Crippen molar-refractivity contribution < 1.29 is 14.0 Å². The molecule has 8 heteroatoms. The molecule has 0 aliphatic carbocycles. The predicted octanol–water partition coefficient (Wildman–Crippen LogP) is 3.45. The number of carbonyl (C=O) groups excluding carboxylic acids is 2. The summed E-state index contributed by atoms with van der Waals surface area (Å²) in [5.41, 5.74) is 1.53. The lowest BCUT2D eigenvalue weighted by Gasteiger charge is -2.42. The Bertz CT molecular complexity index is 1140. The van der Waals surface area contributed by atoms with Crippen molar-refractivity contribution in [1.29, 1.82) is 10.7 Å². The molecule has 0 aromatic heterocycles. The molecule has 0 spiro atoms. The van der Waals surface area contributed by atoms with E-state index in [0.717, 1.165) is 12.3 Å². The van der Waals surface area contributed by atoms with E-state index in [1.807, 2.05) is 13.8 Å². The number of amides is 2. The minimum absolute atomic E-state index is 0.132. The number of carbonyl (C=O) groups is 2. The van der Waals surface area contributed by atoms with Crippen LogP contribution in [0.1, 0.15) is 41.3 Å². The first kappa shape index (κ1) is 23.2. The first-order chi connectivity index (χ1) is 15.3. The van der Waals surface area contributed by atoms with Crippen molar-refractivity contribution in [2.45, 2.75) is 25.8 Å². The van der Waals surface area contributed by atoms with Crippen molar-refractivity contribution in [3.63, 3.8) is 0 Å². The largest absolute Gasteiger partial charge is 0.330 e. The SMILES string of the molecule is CC(C)CN1C(=O)c2ccccc2[C@@H](C(=O)Nc2ccc(F)c(C#N)c2)[C@@H]1/C(C=N)=C/[SH2+]. The van der Waals surface area contributed by atoms with Gasteiger partial charge in [-0.25, -0.2) is 4.39 Å². The minimum Gasteiger partial charge on any atom is -0.330 e. The van der Waals surface area contributed by atoms with Gasteiger partial charge in [0.1, 0.15) is 17.3 Å². The Hall–Kier alpha value is -3.44. The summed E-state index contributed by atoms with van der Waals surface area (Å²) in [5, 5.41) is 21.3. The van der Waals surface area contributed by atoms with Crippen LogP contribution in [-0.4, -0.2) is 35.5 Å². The third-order valence-corrected chi connectivity index (χ3v) is 5.65. The van der Waals surface area contributed by atoms with Gasteiger partial charge >= 0.3 is 0 Å². The summed E-state index contributed by atoms with van der Waals surface area (Å²) < 4.78 is 13.7. The molecule has 2 N–H and O–H groups in total. The molecule has 0 bridgehead atoms. The van der Waals surface area contributed by atoms with Crippen molar-refractivity contribution >= 4 is 36.3 Å². The second kappa shape index (κ2) is 9.79. The molecule has 2 atom stereocenters. The van der Waals surface area contributed by atoms with Gasteiger partial charge in [0, 0.05) is 29.6 Å². The molecule has 0 saturated heterocycles. The highest BCUT2D eigenvalue weighted by Crippen LogP contribution is 2.38. The Labute approximate surface area is 191 Å². The maximum atomic E-state index is 13.7. The normalized spacial score (nSPS) is 18.2. The lowest BCUT2D eigenvalue weighted by Crippen LogP contribution is -2.53. The third kappa shape index (κ3) is 4.43. The first-order valence-corrected chi connectivity index (χ1v) is 10.7.